The number of aromatic nitrogens is 1. The van der Waals surface area contributed by atoms with Crippen molar-refractivity contribution in [1.82, 2.24) is 14.8 Å². The monoisotopic (exact) mass is 412 g/mol. The van der Waals surface area contributed by atoms with Crippen molar-refractivity contribution in [2.75, 3.05) is 25.0 Å². The quantitative estimate of drug-likeness (QED) is 0.702. The molecule has 7 heteroatoms. The molecule has 1 atom stereocenters. The number of amides is 3. The van der Waals surface area contributed by atoms with Crippen molar-refractivity contribution in [2.45, 2.75) is 6.04 Å². The summed E-state index contributed by atoms with van der Waals surface area (Å²) in [6.07, 6.45) is 3.11. The van der Waals surface area contributed by atoms with Gasteiger partial charge in [0.1, 0.15) is 6.04 Å². The van der Waals surface area contributed by atoms with E-state index in [0.717, 1.165) is 11.1 Å². The van der Waals surface area contributed by atoms with Gasteiger partial charge >= 0.3 is 0 Å². The van der Waals surface area contributed by atoms with Crippen LogP contribution in [-0.4, -0.2) is 58.2 Å². The van der Waals surface area contributed by atoms with Crippen molar-refractivity contribution in [2.24, 2.45) is 0 Å². The number of benzene rings is 2. The fourth-order valence-corrected chi connectivity index (χ4v) is 4.12. The average molecular weight is 412 g/mol. The zero-order valence-corrected chi connectivity index (χ0v) is 16.7. The van der Waals surface area contributed by atoms with Crippen LogP contribution in [0, 0.1) is 0 Å². The predicted molar refractivity (Wildman–Crippen MR) is 115 cm³/mol. The molecule has 3 heterocycles. The lowest BCUT2D eigenvalue weighted by atomic mass is 10.0. The Kier molecular flexibility index (Phi) is 4.71. The van der Waals surface area contributed by atoms with Gasteiger partial charge in [0.15, 0.2) is 0 Å². The molecule has 3 amide bonds. The number of pyridine rings is 1. The molecule has 2 aromatic carbocycles. The molecule has 31 heavy (non-hydrogen) atoms. The number of hydrogen-bond acceptors (Lipinski definition) is 4. The molecule has 3 aromatic rings. The molecule has 7 nitrogen and oxygen atoms in total. The van der Waals surface area contributed by atoms with E-state index in [1.807, 2.05) is 42.5 Å². The molecular formula is C24H20N4O3. The normalized spacial score (nSPS) is 18.0. The third kappa shape index (κ3) is 3.44. The second-order valence-corrected chi connectivity index (χ2v) is 7.62. The Bertz CT molecular complexity index is 1160. The highest BCUT2D eigenvalue weighted by molar-refractivity contribution is 6.11. The summed E-state index contributed by atoms with van der Waals surface area (Å²) in [5, 5.41) is 2.88. The number of nitrogens with zero attached hydrogens (tertiary/aromatic N) is 3. The first kappa shape index (κ1) is 19.0. The van der Waals surface area contributed by atoms with Gasteiger partial charge in [-0.2, -0.15) is 0 Å². The third-order valence-electron chi connectivity index (χ3n) is 5.75. The van der Waals surface area contributed by atoms with E-state index in [1.165, 1.54) is 6.20 Å². The first-order valence-corrected chi connectivity index (χ1v) is 10.1. The lowest BCUT2D eigenvalue weighted by molar-refractivity contribution is -0.121. The maximum Gasteiger partial charge on any atom is 0.256 e. The maximum absolute atomic E-state index is 13.4. The summed E-state index contributed by atoms with van der Waals surface area (Å²) in [5.74, 6) is -0.686. The largest absolute Gasteiger partial charge is 0.334 e. The van der Waals surface area contributed by atoms with Crippen molar-refractivity contribution in [3.8, 4) is 11.1 Å². The van der Waals surface area contributed by atoms with E-state index in [1.54, 1.807) is 34.2 Å². The Morgan fingerprint density at radius 2 is 1.81 bits per heavy atom. The van der Waals surface area contributed by atoms with Gasteiger partial charge in [-0.05, 0) is 35.4 Å². The minimum Gasteiger partial charge on any atom is -0.334 e. The maximum atomic E-state index is 13.4. The van der Waals surface area contributed by atoms with E-state index in [-0.39, 0.29) is 30.8 Å². The smallest absolute Gasteiger partial charge is 0.256 e. The Labute approximate surface area is 179 Å². The fraction of sp³-hybridized carbons (Fsp3) is 0.167. The van der Waals surface area contributed by atoms with Crippen LogP contribution in [-0.2, 0) is 4.79 Å². The highest BCUT2D eigenvalue weighted by Gasteiger charge is 2.40. The SMILES string of the molecule is O=C1Nc2ccc(-c3ccccc3)cc2C(=O)N2CCN(C(=O)c3cccnc3)C[C@H]12. The Balaban J connectivity index is 1.43. The van der Waals surface area contributed by atoms with Crippen LogP contribution in [0.2, 0.25) is 0 Å². The van der Waals surface area contributed by atoms with E-state index >= 15 is 0 Å². The zero-order valence-electron chi connectivity index (χ0n) is 16.7. The molecule has 0 saturated carbocycles. The summed E-state index contributed by atoms with van der Waals surface area (Å²) in [6.45, 7) is 0.791. The number of nitrogens with one attached hydrogen (secondary N) is 1. The standard InChI is InChI=1S/C24H20N4O3/c29-22-21-15-27(23(30)18-7-4-10-25-14-18)11-12-28(21)24(31)19-13-17(8-9-20(19)26-22)16-5-2-1-3-6-16/h1-10,13-14,21H,11-12,15H2,(H,26,29)/t21-/m1/s1. The molecule has 0 unspecified atom stereocenters. The number of fused-ring (bicyclic) bond motifs is 2. The molecule has 0 radical (unpaired) electrons. The molecule has 2 aliphatic heterocycles. The summed E-state index contributed by atoms with van der Waals surface area (Å²) in [5.41, 5.74) is 3.33. The Morgan fingerprint density at radius 1 is 0.968 bits per heavy atom. The molecular weight excluding hydrogens is 392 g/mol. The second kappa shape index (κ2) is 7.68. The van der Waals surface area contributed by atoms with Crippen molar-refractivity contribution >= 4 is 23.4 Å². The molecule has 1 aromatic heterocycles. The molecule has 0 bridgehead atoms. The number of carbonyl (C=O) groups excluding carboxylic acids is 3. The Morgan fingerprint density at radius 3 is 2.58 bits per heavy atom. The number of hydrogen-bond donors (Lipinski definition) is 1. The first-order valence-electron chi connectivity index (χ1n) is 10.1. The van der Waals surface area contributed by atoms with Gasteiger partial charge in [-0.15, -0.1) is 0 Å². The van der Waals surface area contributed by atoms with Crippen LogP contribution in [0.4, 0.5) is 5.69 Å². The van der Waals surface area contributed by atoms with Gasteiger partial charge < -0.3 is 15.1 Å². The number of anilines is 1. The summed E-state index contributed by atoms with van der Waals surface area (Å²) < 4.78 is 0. The topological polar surface area (TPSA) is 82.6 Å². The van der Waals surface area contributed by atoms with E-state index < -0.39 is 6.04 Å². The van der Waals surface area contributed by atoms with Gasteiger partial charge in [-0.3, -0.25) is 19.4 Å². The lowest BCUT2D eigenvalue weighted by Crippen LogP contribution is -2.59. The molecule has 5 rings (SSSR count). The van der Waals surface area contributed by atoms with Crippen LogP contribution in [0.15, 0.2) is 73.1 Å². The highest BCUT2D eigenvalue weighted by Crippen LogP contribution is 2.30. The molecule has 2 aliphatic rings. The number of piperazine rings is 1. The molecule has 1 saturated heterocycles. The van der Waals surface area contributed by atoms with Crippen LogP contribution in [0.25, 0.3) is 11.1 Å². The van der Waals surface area contributed by atoms with Crippen LogP contribution < -0.4 is 5.32 Å². The van der Waals surface area contributed by atoms with Crippen LogP contribution >= 0.6 is 0 Å². The number of rotatable bonds is 2. The number of carbonyl (C=O) groups is 3. The van der Waals surface area contributed by atoms with Crippen LogP contribution in [0.3, 0.4) is 0 Å². The lowest BCUT2D eigenvalue weighted by Gasteiger charge is -2.39. The summed E-state index contributed by atoms with van der Waals surface area (Å²) >= 11 is 0. The molecule has 1 N–H and O–H groups in total. The van der Waals surface area contributed by atoms with Gasteiger partial charge in [0, 0.05) is 25.5 Å². The highest BCUT2D eigenvalue weighted by atomic mass is 16.2. The average Bonchev–Trinajstić information content (AvgIpc) is 2.93. The second-order valence-electron chi connectivity index (χ2n) is 7.62. The zero-order chi connectivity index (χ0) is 21.4. The van der Waals surface area contributed by atoms with Crippen LogP contribution in [0.1, 0.15) is 20.7 Å². The van der Waals surface area contributed by atoms with Crippen molar-refractivity contribution in [3.05, 3.63) is 84.2 Å². The minimum atomic E-state index is -0.741. The summed E-state index contributed by atoms with van der Waals surface area (Å²) in [6, 6.07) is 17.9. The van der Waals surface area contributed by atoms with E-state index in [9.17, 15) is 14.4 Å². The van der Waals surface area contributed by atoms with Crippen molar-refractivity contribution < 1.29 is 14.4 Å². The molecule has 0 spiro atoms. The van der Waals surface area contributed by atoms with Gasteiger partial charge in [0.25, 0.3) is 11.8 Å². The van der Waals surface area contributed by atoms with Gasteiger partial charge in [0.2, 0.25) is 5.91 Å². The summed E-state index contributed by atoms with van der Waals surface area (Å²) in [4.78, 5) is 46.3. The van der Waals surface area contributed by atoms with E-state index in [2.05, 4.69) is 10.3 Å². The van der Waals surface area contributed by atoms with Crippen LogP contribution in [0.5, 0.6) is 0 Å². The molecule has 0 aliphatic carbocycles. The van der Waals surface area contributed by atoms with E-state index in [4.69, 9.17) is 0 Å². The van der Waals surface area contributed by atoms with Crippen molar-refractivity contribution in [1.29, 1.82) is 0 Å². The first-order chi connectivity index (χ1) is 15.1. The molecule has 154 valence electrons. The van der Waals surface area contributed by atoms with Gasteiger partial charge in [-0.1, -0.05) is 36.4 Å². The van der Waals surface area contributed by atoms with Gasteiger partial charge in [-0.25, -0.2) is 0 Å². The Hall–Kier alpha value is -4.00. The minimum absolute atomic E-state index is 0.144. The van der Waals surface area contributed by atoms with Gasteiger partial charge in [0.05, 0.1) is 23.4 Å². The third-order valence-corrected chi connectivity index (χ3v) is 5.75. The van der Waals surface area contributed by atoms with E-state index in [0.29, 0.717) is 23.4 Å². The predicted octanol–water partition coefficient (Wildman–Crippen LogP) is 2.67. The van der Waals surface area contributed by atoms with Crippen molar-refractivity contribution in [3.63, 3.8) is 0 Å². The fourth-order valence-electron chi connectivity index (χ4n) is 4.12. The summed E-state index contributed by atoms with van der Waals surface area (Å²) in [7, 11) is 0. The molecule has 1 fully saturated rings.